The molecule has 4 aliphatic rings. The van der Waals surface area contributed by atoms with Gasteiger partial charge in [-0.2, -0.15) is 9.97 Å². The lowest BCUT2D eigenvalue weighted by Crippen LogP contribution is -2.51. The number of phenols is 1. The smallest absolute Gasteiger partial charge is 0.409 e. The lowest BCUT2D eigenvalue weighted by atomic mass is 9.95. The molecule has 2 unspecified atom stereocenters. The van der Waals surface area contributed by atoms with Gasteiger partial charge in [0.05, 0.1) is 16.6 Å². The molecule has 1 amide bonds. The van der Waals surface area contributed by atoms with Crippen molar-refractivity contribution in [2.75, 3.05) is 51.8 Å². The van der Waals surface area contributed by atoms with Crippen LogP contribution in [-0.2, 0) is 11.2 Å². The zero-order chi connectivity index (χ0) is 33.9. The van der Waals surface area contributed by atoms with Crippen molar-refractivity contribution < 1.29 is 23.8 Å². The topological polar surface area (TPSA) is 116 Å². The second kappa shape index (κ2) is 12.5. The molecule has 2 aromatic heterocycles. The SMILES string of the molecule is CCc1c(F)ccc2cc(O)cc(-c3ccc4c(N5CC6CCC(C5)N6)nc(OC[C@]56CCCN5[C@@H](COC(=O)N(C)C)CC6)nc4n3)c12. The molecule has 4 aromatic rings. The number of ether oxygens (including phenoxy) is 2. The van der Waals surface area contributed by atoms with Gasteiger partial charge in [0.2, 0.25) is 0 Å². The number of amides is 1. The maximum atomic E-state index is 15.0. The Hall–Kier alpha value is -4.29. The van der Waals surface area contributed by atoms with Gasteiger partial charge in [-0.3, -0.25) is 4.90 Å². The highest BCUT2D eigenvalue weighted by atomic mass is 19.1. The van der Waals surface area contributed by atoms with Crippen LogP contribution in [0.1, 0.15) is 51.0 Å². The summed E-state index contributed by atoms with van der Waals surface area (Å²) < 4.78 is 27.2. The molecular weight excluding hydrogens is 625 g/mol. The Bertz CT molecular complexity index is 1910. The summed E-state index contributed by atoms with van der Waals surface area (Å²) in [6.45, 7) is 5.33. The summed E-state index contributed by atoms with van der Waals surface area (Å²) in [5.41, 5.74) is 2.16. The number of nitrogens with one attached hydrogen (secondary N) is 1. The number of carbonyl (C=O) groups is 1. The number of aromatic hydroxyl groups is 1. The third-order valence-electron chi connectivity index (χ3n) is 11.1. The Balaban J connectivity index is 1.15. The standard InChI is InChI=1S/C37H44FN7O4/c1-4-27-30(38)10-6-22-16-26(46)17-29(32(22)27)31-11-9-28-33(40-31)41-35(42-34(28)44-18-23-7-8-24(19-44)39-23)49-21-37-13-5-15-45(37)25(12-14-37)20-48-36(47)43(2)3/h6,9-11,16-17,23-25,39,46H,4-5,7-8,12-15,18-21H2,1-3H3/t23?,24?,25-,37-/m1/s1. The number of nitrogens with zero attached hydrogens (tertiary/aromatic N) is 6. The Morgan fingerprint density at radius 1 is 1.08 bits per heavy atom. The van der Waals surface area contributed by atoms with Crippen LogP contribution in [0.3, 0.4) is 0 Å². The zero-order valence-electron chi connectivity index (χ0n) is 28.4. The first-order chi connectivity index (χ1) is 23.7. The van der Waals surface area contributed by atoms with Gasteiger partial charge in [0.15, 0.2) is 5.65 Å². The van der Waals surface area contributed by atoms with Crippen LogP contribution in [0.4, 0.5) is 15.0 Å². The van der Waals surface area contributed by atoms with Gasteiger partial charge in [-0.15, -0.1) is 0 Å². The Morgan fingerprint density at radius 2 is 1.90 bits per heavy atom. The van der Waals surface area contributed by atoms with Crippen molar-refractivity contribution in [3.8, 4) is 23.0 Å². The number of phenolic OH excluding ortho intramolecular Hbond substituents is 1. The third kappa shape index (κ3) is 5.78. The predicted molar refractivity (Wildman–Crippen MR) is 186 cm³/mol. The highest BCUT2D eigenvalue weighted by Crippen LogP contribution is 2.43. The highest BCUT2D eigenvalue weighted by molar-refractivity contribution is 6.00. The Morgan fingerprint density at radius 3 is 2.67 bits per heavy atom. The first-order valence-electron chi connectivity index (χ1n) is 17.6. The molecule has 11 nitrogen and oxygen atoms in total. The quantitative estimate of drug-likeness (QED) is 0.257. The van der Waals surface area contributed by atoms with Gasteiger partial charge in [0.25, 0.3) is 0 Å². The van der Waals surface area contributed by atoms with Crippen LogP contribution in [0.15, 0.2) is 36.4 Å². The van der Waals surface area contributed by atoms with E-state index in [1.54, 1.807) is 32.3 Å². The van der Waals surface area contributed by atoms with Crippen LogP contribution in [0.2, 0.25) is 0 Å². The molecule has 49 heavy (non-hydrogen) atoms. The van der Waals surface area contributed by atoms with Crippen molar-refractivity contribution in [1.29, 1.82) is 0 Å². The van der Waals surface area contributed by atoms with E-state index in [-0.39, 0.29) is 35.3 Å². The molecular formula is C37H44FN7O4. The van der Waals surface area contributed by atoms with E-state index in [4.69, 9.17) is 24.4 Å². The fourth-order valence-electron chi connectivity index (χ4n) is 8.73. The first-order valence-corrected chi connectivity index (χ1v) is 17.6. The largest absolute Gasteiger partial charge is 0.508 e. The van der Waals surface area contributed by atoms with Crippen LogP contribution in [-0.4, -0.2) is 107 Å². The van der Waals surface area contributed by atoms with Crippen LogP contribution in [0.5, 0.6) is 11.8 Å². The van der Waals surface area contributed by atoms with Gasteiger partial charge < -0.3 is 29.7 Å². The van der Waals surface area contributed by atoms with Crippen LogP contribution in [0, 0.1) is 5.82 Å². The minimum atomic E-state index is -0.326. The monoisotopic (exact) mass is 669 g/mol. The van der Waals surface area contributed by atoms with E-state index >= 15 is 4.39 Å². The molecule has 4 fully saturated rings. The predicted octanol–water partition coefficient (Wildman–Crippen LogP) is 5.27. The molecule has 2 aromatic carbocycles. The normalized spacial score (nSPS) is 24.9. The summed E-state index contributed by atoms with van der Waals surface area (Å²) in [6, 6.07) is 11.6. The lowest BCUT2D eigenvalue weighted by Gasteiger charge is -2.35. The van der Waals surface area contributed by atoms with Gasteiger partial charge in [0, 0.05) is 50.9 Å². The molecule has 0 radical (unpaired) electrons. The molecule has 0 spiro atoms. The van der Waals surface area contributed by atoms with Crippen LogP contribution in [0.25, 0.3) is 33.1 Å². The average molecular weight is 670 g/mol. The number of aryl methyl sites for hydroxylation is 1. The number of benzene rings is 2. The zero-order valence-corrected chi connectivity index (χ0v) is 28.4. The molecule has 4 aliphatic heterocycles. The maximum Gasteiger partial charge on any atom is 0.409 e. The van der Waals surface area contributed by atoms with E-state index in [2.05, 4.69) is 15.1 Å². The number of rotatable bonds is 8. The van der Waals surface area contributed by atoms with E-state index in [0.717, 1.165) is 80.1 Å². The van der Waals surface area contributed by atoms with Crippen molar-refractivity contribution in [3.63, 3.8) is 0 Å². The van der Waals surface area contributed by atoms with Crippen molar-refractivity contribution in [2.24, 2.45) is 0 Å². The van der Waals surface area contributed by atoms with Gasteiger partial charge in [-0.1, -0.05) is 13.0 Å². The van der Waals surface area contributed by atoms with E-state index in [1.807, 2.05) is 19.1 Å². The fraction of sp³-hybridized carbons (Fsp3) is 0.514. The van der Waals surface area contributed by atoms with Gasteiger partial charge in [-0.05, 0) is 98.2 Å². The minimum absolute atomic E-state index is 0.0912. The molecule has 12 heteroatoms. The third-order valence-corrected chi connectivity index (χ3v) is 11.1. The summed E-state index contributed by atoms with van der Waals surface area (Å²) in [5, 5.41) is 16.7. The summed E-state index contributed by atoms with van der Waals surface area (Å²) in [7, 11) is 3.39. The van der Waals surface area contributed by atoms with E-state index in [0.29, 0.717) is 54.2 Å². The van der Waals surface area contributed by atoms with Gasteiger partial charge in [-0.25, -0.2) is 14.2 Å². The second-order valence-electron chi connectivity index (χ2n) is 14.4. The number of fused-ring (bicyclic) bond motifs is 5. The summed E-state index contributed by atoms with van der Waals surface area (Å²) in [5.74, 6) is 0.620. The summed E-state index contributed by atoms with van der Waals surface area (Å²) in [6.07, 6.45) is 6.38. The average Bonchev–Trinajstić information content (AvgIpc) is 3.77. The second-order valence-corrected chi connectivity index (χ2v) is 14.4. The maximum absolute atomic E-state index is 15.0. The van der Waals surface area contributed by atoms with Crippen molar-refractivity contribution >= 4 is 33.7 Å². The fourth-order valence-corrected chi connectivity index (χ4v) is 8.73. The molecule has 4 saturated heterocycles. The van der Waals surface area contributed by atoms with Gasteiger partial charge in [0.1, 0.15) is 30.6 Å². The molecule has 0 aliphatic carbocycles. The summed E-state index contributed by atoms with van der Waals surface area (Å²) in [4.78, 5) is 33.4. The van der Waals surface area contributed by atoms with Crippen molar-refractivity contribution in [1.82, 2.24) is 30.1 Å². The molecule has 6 heterocycles. The van der Waals surface area contributed by atoms with Crippen LogP contribution >= 0.6 is 0 Å². The Labute approximate surface area is 285 Å². The number of piperazine rings is 1. The Kier molecular flexibility index (Phi) is 8.18. The summed E-state index contributed by atoms with van der Waals surface area (Å²) >= 11 is 0. The number of carbonyl (C=O) groups excluding carboxylic acids is 1. The number of halogens is 1. The van der Waals surface area contributed by atoms with E-state index < -0.39 is 0 Å². The molecule has 2 N–H and O–H groups in total. The number of hydrogen-bond donors (Lipinski definition) is 2. The molecule has 8 rings (SSSR count). The number of hydrogen-bond acceptors (Lipinski definition) is 10. The number of anilines is 1. The van der Waals surface area contributed by atoms with Crippen LogP contribution < -0.4 is 15.0 Å². The molecule has 4 atom stereocenters. The first kappa shape index (κ1) is 31.9. The molecule has 0 saturated carbocycles. The highest BCUT2D eigenvalue weighted by Gasteiger charge is 2.50. The minimum Gasteiger partial charge on any atom is -0.508 e. The van der Waals surface area contributed by atoms with Crippen molar-refractivity contribution in [2.45, 2.75) is 75.5 Å². The number of pyridine rings is 1. The number of aromatic nitrogens is 3. The molecule has 2 bridgehead atoms. The van der Waals surface area contributed by atoms with Gasteiger partial charge >= 0.3 is 12.1 Å². The lowest BCUT2D eigenvalue weighted by molar-refractivity contribution is 0.0484. The molecule has 258 valence electrons. The van der Waals surface area contributed by atoms with E-state index in [1.165, 1.54) is 11.0 Å². The van der Waals surface area contributed by atoms with E-state index in [9.17, 15) is 9.90 Å². The van der Waals surface area contributed by atoms with Crippen molar-refractivity contribution in [3.05, 3.63) is 47.8 Å².